The van der Waals surface area contributed by atoms with Gasteiger partial charge in [0.15, 0.2) is 5.82 Å². The number of hydrogen-bond donors (Lipinski definition) is 1. The number of rotatable bonds is 3. The lowest BCUT2D eigenvalue weighted by Crippen LogP contribution is -2.21. The summed E-state index contributed by atoms with van der Waals surface area (Å²) in [6, 6.07) is 0. The van der Waals surface area contributed by atoms with Crippen molar-refractivity contribution in [3.05, 3.63) is 11.7 Å². The van der Waals surface area contributed by atoms with Crippen molar-refractivity contribution in [2.24, 2.45) is 16.6 Å². The molecule has 1 aliphatic carbocycles. The fourth-order valence-electron chi connectivity index (χ4n) is 1.91. The average molecular weight is 208 g/mol. The molecule has 1 fully saturated rings. The lowest BCUT2D eigenvalue weighted by Gasteiger charge is -2.06. The molecule has 0 radical (unpaired) electrons. The summed E-state index contributed by atoms with van der Waals surface area (Å²) in [4.78, 5) is 8.36. The van der Waals surface area contributed by atoms with Gasteiger partial charge in [-0.2, -0.15) is 4.98 Å². The van der Waals surface area contributed by atoms with Crippen LogP contribution in [0.1, 0.15) is 37.4 Å². The standard InChI is InChI=1S/C10H16N4O/c1-7-13-9(15-14-7)6-12-10(11)8-4-2-3-5-8/h8H,2-6H2,1H3,(H2,11,12). The Bertz CT molecular complexity index is 352. The molecule has 2 N–H and O–H groups in total. The number of hydrogen-bond acceptors (Lipinski definition) is 4. The van der Waals surface area contributed by atoms with Crippen molar-refractivity contribution >= 4 is 5.84 Å². The van der Waals surface area contributed by atoms with E-state index in [0.29, 0.717) is 24.2 Å². The Kier molecular flexibility index (Phi) is 2.99. The first-order valence-electron chi connectivity index (χ1n) is 5.34. The van der Waals surface area contributed by atoms with Crippen LogP contribution in [0.2, 0.25) is 0 Å². The fraction of sp³-hybridized carbons (Fsp3) is 0.700. The van der Waals surface area contributed by atoms with Gasteiger partial charge in [0.2, 0.25) is 5.89 Å². The monoisotopic (exact) mass is 208 g/mol. The zero-order chi connectivity index (χ0) is 10.7. The molecular formula is C10H16N4O. The molecule has 0 atom stereocenters. The molecule has 1 aromatic rings. The van der Waals surface area contributed by atoms with E-state index < -0.39 is 0 Å². The third-order valence-electron chi connectivity index (χ3n) is 2.74. The molecule has 0 unspecified atom stereocenters. The SMILES string of the molecule is Cc1noc(CN=C(N)C2CCCC2)n1. The lowest BCUT2D eigenvalue weighted by atomic mass is 10.1. The van der Waals surface area contributed by atoms with E-state index in [2.05, 4.69) is 15.1 Å². The Balaban J connectivity index is 1.92. The van der Waals surface area contributed by atoms with E-state index >= 15 is 0 Å². The summed E-state index contributed by atoms with van der Waals surface area (Å²) in [5.41, 5.74) is 5.89. The topological polar surface area (TPSA) is 77.3 Å². The first kappa shape index (κ1) is 10.1. The van der Waals surface area contributed by atoms with E-state index in [-0.39, 0.29) is 0 Å². The van der Waals surface area contributed by atoms with Crippen molar-refractivity contribution in [2.45, 2.75) is 39.2 Å². The Morgan fingerprint density at radius 1 is 1.53 bits per heavy atom. The van der Waals surface area contributed by atoms with Gasteiger partial charge in [-0.25, -0.2) is 0 Å². The smallest absolute Gasteiger partial charge is 0.248 e. The van der Waals surface area contributed by atoms with Crippen LogP contribution in [0.4, 0.5) is 0 Å². The van der Waals surface area contributed by atoms with Gasteiger partial charge in [-0.1, -0.05) is 18.0 Å². The van der Waals surface area contributed by atoms with Gasteiger partial charge in [-0.05, 0) is 19.8 Å². The maximum atomic E-state index is 5.89. The predicted molar refractivity (Wildman–Crippen MR) is 56.3 cm³/mol. The number of aromatic nitrogens is 2. The van der Waals surface area contributed by atoms with Crippen molar-refractivity contribution < 1.29 is 4.52 Å². The van der Waals surface area contributed by atoms with Gasteiger partial charge in [-0.3, -0.25) is 4.99 Å². The van der Waals surface area contributed by atoms with Gasteiger partial charge >= 0.3 is 0 Å². The largest absolute Gasteiger partial charge is 0.387 e. The molecule has 0 aliphatic heterocycles. The predicted octanol–water partition coefficient (Wildman–Crippen LogP) is 1.43. The van der Waals surface area contributed by atoms with E-state index in [0.717, 1.165) is 18.7 Å². The molecule has 1 aromatic heterocycles. The molecule has 1 saturated carbocycles. The van der Waals surface area contributed by atoms with Crippen LogP contribution in [0.15, 0.2) is 9.52 Å². The molecule has 0 saturated heterocycles. The highest BCUT2D eigenvalue weighted by Crippen LogP contribution is 2.24. The maximum Gasteiger partial charge on any atom is 0.248 e. The number of aliphatic imine (C=N–C) groups is 1. The van der Waals surface area contributed by atoms with E-state index in [1.807, 2.05) is 0 Å². The Morgan fingerprint density at radius 2 is 2.27 bits per heavy atom. The summed E-state index contributed by atoms with van der Waals surface area (Å²) in [6.07, 6.45) is 4.86. The van der Waals surface area contributed by atoms with Crippen LogP contribution in [0.3, 0.4) is 0 Å². The Morgan fingerprint density at radius 3 is 2.87 bits per heavy atom. The van der Waals surface area contributed by atoms with Gasteiger partial charge in [0.1, 0.15) is 6.54 Å². The van der Waals surface area contributed by atoms with Crippen molar-refractivity contribution in [2.75, 3.05) is 0 Å². The lowest BCUT2D eigenvalue weighted by molar-refractivity contribution is 0.376. The Labute approximate surface area is 88.8 Å². The highest BCUT2D eigenvalue weighted by atomic mass is 16.5. The second-order valence-corrected chi connectivity index (χ2v) is 3.96. The van der Waals surface area contributed by atoms with Crippen LogP contribution < -0.4 is 5.73 Å². The maximum absolute atomic E-state index is 5.89. The van der Waals surface area contributed by atoms with Crippen molar-refractivity contribution in [1.29, 1.82) is 0 Å². The average Bonchev–Trinajstić information content (AvgIpc) is 2.84. The molecule has 15 heavy (non-hydrogen) atoms. The second-order valence-electron chi connectivity index (χ2n) is 3.96. The van der Waals surface area contributed by atoms with Crippen molar-refractivity contribution in [1.82, 2.24) is 10.1 Å². The number of nitrogens with zero attached hydrogens (tertiary/aromatic N) is 3. The molecule has 1 heterocycles. The molecule has 5 nitrogen and oxygen atoms in total. The van der Waals surface area contributed by atoms with Crippen molar-refractivity contribution in [3.63, 3.8) is 0 Å². The number of nitrogens with two attached hydrogens (primary N) is 1. The van der Waals surface area contributed by atoms with Crippen LogP contribution in [0, 0.1) is 12.8 Å². The Hall–Kier alpha value is -1.39. The van der Waals surface area contributed by atoms with E-state index in [1.54, 1.807) is 6.92 Å². The first-order chi connectivity index (χ1) is 7.25. The van der Waals surface area contributed by atoms with E-state index in [1.165, 1.54) is 12.8 Å². The summed E-state index contributed by atoms with van der Waals surface area (Å²) < 4.78 is 4.95. The van der Waals surface area contributed by atoms with E-state index in [4.69, 9.17) is 10.3 Å². The molecule has 0 amide bonds. The summed E-state index contributed by atoms with van der Waals surface area (Å²) in [5.74, 6) is 2.38. The summed E-state index contributed by atoms with van der Waals surface area (Å²) in [6.45, 7) is 2.19. The minimum Gasteiger partial charge on any atom is -0.387 e. The molecular weight excluding hydrogens is 192 g/mol. The zero-order valence-corrected chi connectivity index (χ0v) is 8.94. The molecule has 82 valence electrons. The van der Waals surface area contributed by atoms with Gasteiger partial charge in [-0.15, -0.1) is 0 Å². The third-order valence-corrected chi connectivity index (χ3v) is 2.74. The molecule has 0 spiro atoms. The zero-order valence-electron chi connectivity index (χ0n) is 8.94. The third kappa shape index (κ3) is 2.55. The molecule has 0 bridgehead atoms. The van der Waals surface area contributed by atoms with Gasteiger partial charge in [0, 0.05) is 5.92 Å². The summed E-state index contributed by atoms with van der Waals surface area (Å²) in [7, 11) is 0. The number of aryl methyl sites for hydroxylation is 1. The van der Waals surface area contributed by atoms with Crippen molar-refractivity contribution in [3.8, 4) is 0 Å². The molecule has 5 heteroatoms. The van der Waals surface area contributed by atoms with Crippen LogP contribution in [-0.2, 0) is 6.54 Å². The minimum atomic E-state index is 0.406. The second kappa shape index (κ2) is 4.42. The van der Waals surface area contributed by atoms with Gasteiger partial charge in [0.05, 0.1) is 5.84 Å². The molecule has 2 rings (SSSR count). The van der Waals surface area contributed by atoms with Gasteiger partial charge in [0.25, 0.3) is 0 Å². The van der Waals surface area contributed by atoms with Crippen LogP contribution in [0.25, 0.3) is 0 Å². The molecule has 0 aromatic carbocycles. The van der Waals surface area contributed by atoms with Crippen LogP contribution in [0.5, 0.6) is 0 Å². The highest BCUT2D eigenvalue weighted by Gasteiger charge is 2.18. The molecule has 1 aliphatic rings. The minimum absolute atomic E-state index is 0.406. The van der Waals surface area contributed by atoms with E-state index in [9.17, 15) is 0 Å². The normalized spacial score (nSPS) is 18.6. The first-order valence-corrected chi connectivity index (χ1v) is 5.34. The quantitative estimate of drug-likeness (QED) is 0.602. The highest BCUT2D eigenvalue weighted by molar-refractivity contribution is 5.82. The summed E-state index contributed by atoms with van der Waals surface area (Å²) >= 11 is 0. The summed E-state index contributed by atoms with van der Waals surface area (Å²) in [5, 5.41) is 3.70. The number of amidine groups is 1. The van der Waals surface area contributed by atoms with Crippen LogP contribution >= 0.6 is 0 Å². The fourth-order valence-corrected chi connectivity index (χ4v) is 1.91. The van der Waals surface area contributed by atoms with Crippen LogP contribution in [-0.4, -0.2) is 16.0 Å². The van der Waals surface area contributed by atoms with Gasteiger partial charge < -0.3 is 10.3 Å².